The molecule has 1 aliphatic rings. The molecular weight excluding hydrogens is 232 g/mol. The molecule has 0 fully saturated rings. The number of aryl methyl sites for hydroxylation is 3. The zero-order chi connectivity index (χ0) is 13.1. The Morgan fingerprint density at radius 1 is 0.842 bits per heavy atom. The van der Waals surface area contributed by atoms with E-state index < -0.39 is 0 Å². The molecule has 98 valence electrons. The molecule has 0 bridgehead atoms. The van der Waals surface area contributed by atoms with Crippen LogP contribution >= 0.6 is 0 Å². The third kappa shape index (κ3) is 2.57. The van der Waals surface area contributed by atoms with Crippen molar-refractivity contribution < 1.29 is 5.11 Å². The molecule has 0 heterocycles. The summed E-state index contributed by atoms with van der Waals surface area (Å²) in [6.45, 7) is 0.304. The van der Waals surface area contributed by atoms with Gasteiger partial charge in [0.2, 0.25) is 0 Å². The van der Waals surface area contributed by atoms with Crippen molar-refractivity contribution in [2.45, 2.75) is 32.1 Å². The van der Waals surface area contributed by atoms with E-state index in [-0.39, 0.29) is 0 Å². The van der Waals surface area contributed by atoms with Crippen LogP contribution < -0.4 is 0 Å². The standard InChI is InChI=1S/C18H20O/c19-12-4-3-5-14-8-11-18-16(13-14)10-9-15-6-1-2-7-17(15)18/h1-2,6-8,11,13,19H,3-5,9-10,12H2. The highest BCUT2D eigenvalue weighted by Crippen LogP contribution is 2.33. The second-order valence-electron chi connectivity index (χ2n) is 5.33. The third-order valence-corrected chi connectivity index (χ3v) is 4.01. The largest absolute Gasteiger partial charge is 0.396 e. The van der Waals surface area contributed by atoms with Crippen molar-refractivity contribution in [1.82, 2.24) is 0 Å². The van der Waals surface area contributed by atoms with Gasteiger partial charge in [0.1, 0.15) is 0 Å². The number of unbranched alkanes of at least 4 members (excludes halogenated alkanes) is 1. The lowest BCUT2D eigenvalue weighted by atomic mass is 9.84. The molecule has 3 rings (SSSR count). The van der Waals surface area contributed by atoms with Crippen molar-refractivity contribution in [3.63, 3.8) is 0 Å². The second-order valence-corrected chi connectivity index (χ2v) is 5.33. The lowest BCUT2D eigenvalue weighted by molar-refractivity contribution is 0.284. The van der Waals surface area contributed by atoms with Crippen molar-refractivity contribution in [2.75, 3.05) is 6.61 Å². The minimum atomic E-state index is 0.304. The zero-order valence-electron chi connectivity index (χ0n) is 11.2. The molecule has 0 amide bonds. The van der Waals surface area contributed by atoms with Gasteiger partial charge in [0.15, 0.2) is 0 Å². The fourth-order valence-corrected chi connectivity index (χ4v) is 2.98. The molecule has 0 atom stereocenters. The quantitative estimate of drug-likeness (QED) is 0.821. The first-order valence-electron chi connectivity index (χ1n) is 7.19. The molecule has 2 aromatic rings. The molecule has 0 aliphatic heterocycles. The molecule has 1 heteroatoms. The Hall–Kier alpha value is -1.60. The summed E-state index contributed by atoms with van der Waals surface area (Å²) in [5.41, 5.74) is 7.19. The van der Waals surface area contributed by atoms with E-state index in [2.05, 4.69) is 42.5 Å². The van der Waals surface area contributed by atoms with Crippen LogP contribution in [0.25, 0.3) is 11.1 Å². The first kappa shape index (κ1) is 12.4. The number of hydrogen-bond donors (Lipinski definition) is 1. The molecule has 0 aromatic heterocycles. The highest BCUT2D eigenvalue weighted by atomic mass is 16.2. The van der Waals surface area contributed by atoms with Crippen molar-refractivity contribution in [2.24, 2.45) is 0 Å². The molecule has 1 nitrogen and oxygen atoms in total. The van der Waals surface area contributed by atoms with Crippen molar-refractivity contribution in [3.8, 4) is 11.1 Å². The number of aliphatic hydroxyl groups is 1. The molecule has 0 unspecified atom stereocenters. The maximum Gasteiger partial charge on any atom is 0.0431 e. The molecular formula is C18H20O. The summed E-state index contributed by atoms with van der Waals surface area (Å²) in [4.78, 5) is 0. The van der Waals surface area contributed by atoms with Gasteiger partial charge in [0, 0.05) is 6.61 Å². The second kappa shape index (κ2) is 5.58. The third-order valence-electron chi connectivity index (χ3n) is 4.01. The van der Waals surface area contributed by atoms with E-state index in [0.717, 1.165) is 32.1 Å². The van der Waals surface area contributed by atoms with Crippen LogP contribution in [0.2, 0.25) is 0 Å². The van der Waals surface area contributed by atoms with E-state index >= 15 is 0 Å². The number of hydrogen-bond acceptors (Lipinski definition) is 1. The number of rotatable bonds is 4. The number of benzene rings is 2. The van der Waals surface area contributed by atoms with Gasteiger partial charge in [0.05, 0.1) is 0 Å². The summed E-state index contributed by atoms with van der Waals surface area (Å²) in [6, 6.07) is 15.6. The highest BCUT2D eigenvalue weighted by molar-refractivity contribution is 5.73. The van der Waals surface area contributed by atoms with Crippen molar-refractivity contribution in [3.05, 3.63) is 59.2 Å². The summed E-state index contributed by atoms with van der Waals surface area (Å²) >= 11 is 0. The minimum Gasteiger partial charge on any atom is -0.396 e. The fourth-order valence-electron chi connectivity index (χ4n) is 2.98. The Bertz CT molecular complexity index is 572. The van der Waals surface area contributed by atoms with Crippen LogP contribution in [0.5, 0.6) is 0 Å². The molecule has 1 N–H and O–H groups in total. The van der Waals surface area contributed by atoms with E-state index in [4.69, 9.17) is 5.11 Å². The molecule has 19 heavy (non-hydrogen) atoms. The predicted octanol–water partition coefficient (Wildman–Crippen LogP) is 3.77. The van der Waals surface area contributed by atoms with E-state index in [1.54, 1.807) is 0 Å². The molecule has 0 radical (unpaired) electrons. The van der Waals surface area contributed by atoms with Crippen molar-refractivity contribution in [1.29, 1.82) is 0 Å². The summed E-state index contributed by atoms with van der Waals surface area (Å²) in [5, 5.41) is 8.85. The maximum atomic E-state index is 8.85. The molecule has 2 aromatic carbocycles. The monoisotopic (exact) mass is 252 g/mol. The summed E-state index contributed by atoms with van der Waals surface area (Å²) < 4.78 is 0. The SMILES string of the molecule is OCCCCc1ccc2c(c1)CCc1ccccc1-2. The van der Waals surface area contributed by atoms with Gasteiger partial charge >= 0.3 is 0 Å². The van der Waals surface area contributed by atoms with Crippen LogP contribution in [0.15, 0.2) is 42.5 Å². The Morgan fingerprint density at radius 3 is 2.53 bits per heavy atom. The van der Waals surface area contributed by atoms with Crippen LogP contribution in [-0.2, 0) is 19.3 Å². The number of fused-ring (bicyclic) bond motifs is 3. The van der Waals surface area contributed by atoms with Crippen LogP contribution in [0.4, 0.5) is 0 Å². The fraction of sp³-hybridized carbons (Fsp3) is 0.333. The van der Waals surface area contributed by atoms with Crippen LogP contribution in [0.1, 0.15) is 29.5 Å². The average molecular weight is 252 g/mol. The topological polar surface area (TPSA) is 20.2 Å². The maximum absolute atomic E-state index is 8.85. The van der Waals surface area contributed by atoms with Gasteiger partial charge in [-0.1, -0.05) is 42.5 Å². The summed E-state index contributed by atoms with van der Waals surface area (Å²) in [7, 11) is 0. The Balaban J connectivity index is 1.87. The van der Waals surface area contributed by atoms with Crippen LogP contribution in [-0.4, -0.2) is 11.7 Å². The van der Waals surface area contributed by atoms with Gasteiger partial charge in [0.25, 0.3) is 0 Å². The zero-order valence-corrected chi connectivity index (χ0v) is 11.2. The lowest BCUT2D eigenvalue weighted by Gasteiger charge is -2.20. The van der Waals surface area contributed by atoms with E-state index in [0.29, 0.717) is 6.61 Å². The molecule has 0 saturated carbocycles. The van der Waals surface area contributed by atoms with Gasteiger partial charge < -0.3 is 5.11 Å². The average Bonchev–Trinajstić information content (AvgIpc) is 2.47. The van der Waals surface area contributed by atoms with Crippen LogP contribution in [0, 0.1) is 0 Å². The Morgan fingerprint density at radius 2 is 1.63 bits per heavy atom. The highest BCUT2D eigenvalue weighted by Gasteiger charge is 2.15. The van der Waals surface area contributed by atoms with E-state index in [9.17, 15) is 0 Å². The van der Waals surface area contributed by atoms with Gasteiger partial charge in [-0.25, -0.2) is 0 Å². The van der Waals surface area contributed by atoms with Gasteiger partial charge in [-0.3, -0.25) is 0 Å². The van der Waals surface area contributed by atoms with Gasteiger partial charge in [-0.2, -0.15) is 0 Å². The van der Waals surface area contributed by atoms with Crippen molar-refractivity contribution >= 4 is 0 Å². The minimum absolute atomic E-state index is 0.304. The molecule has 1 aliphatic carbocycles. The first-order valence-corrected chi connectivity index (χ1v) is 7.19. The van der Waals surface area contributed by atoms with E-state index in [1.165, 1.54) is 27.8 Å². The predicted molar refractivity (Wildman–Crippen MR) is 79.3 cm³/mol. The summed E-state index contributed by atoms with van der Waals surface area (Å²) in [5.74, 6) is 0. The molecule has 0 spiro atoms. The normalized spacial score (nSPS) is 12.9. The Kier molecular flexibility index (Phi) is 3.65. The van der Waals surface area contributed by atoms with E-state index in [1.807, 2.05) is 0 Å². The first-order chi connectivity index (χ1) is 9.38. The van der Waals surface area contributed by atoms with Gasteiger partial charge in [-0.05, 0) is 59.9 Å². The lowest BCUT2D eigenvalue weighted by Crippen LogP contribution is -2.04. The number of aliphatic hydroxyl groups excluding tert-OH is 1. The summed E-state index contributed by atoms with van der Waals surface area (Å²) in [6.07, 6.45) is 5.37. The molecule has 0 saturated heterocycles. The smallest absolute Gasteiger partial charge is 0.0431 e. The van der Waals surface area contributed by atoms with Gasteiger partial charge in [-0.15, -0.1) is 0 Å². The Labute approximate surface area is 114 Å². The van der Waals surface area contributed by atoms with Crippen LogP contribution in [0.3, 0.4) is 0 Å².